The molecule has 1 amide bonds. The Bertz CT molecular complexity index is 931. The summed E-state index contributed by atoms with van der Waals surface area (Å²) in [7, 11) is 4.02. The van der Waals surface area contributed by atoms with Gasteiger partial charge < -0.3 is 4.90 Å². The van der Waals surface area contributed by atoms with Crippen molar-refractivity contribution in [1.29, 1.82) is 0 Å². The zero-order valence-electron chi connectivity index (χ0n) is 16.1. The average molecular weight is 380 g/mol. The van der Waals surface area contributed by atoms with E-state index in [0.717, 1.165) is 33.9 Å². The monoisotopic (exact) mass is 379 g/mol. The van der Waals surface area contributed by atoms with Crippen molar-refractivity contribution in [3.63, 3.8) is 0 Å². The van der Waals surface area contributed by atoms with Crippen LogP contribution >= 0.6 is 11.3 Å². The molecular weight excluding hydrogens is 354 g/mol. The number of fused-ring (bicyclic) bond motifs is 1. The number of thiazole rings is 1. The number of amides is 1. The average Bonchev–Trinajstić information content (AvgIpc) is 3.09. The maximum atomic E-state index is 12.9. The molecule has 0 aliphatic heterocycles. The molecule has 0 spiro atoms. The summed E-state index contributed by atoms with van der Waals surface area (Å²) < 4.78 is 1.12. The predicted molar refractivity (Wildman–Crippen MR) is 115 cm³/mol. The fraction of sp³-hybridized carbons (Fsp3) is 0.273. The summed E-state index contributed by atoms with van der Waals surface area (Å²) in [6, 6.07) is 16.2. The van der Waals surface area contributed by atoms with Crippen molar-refractivity contribution in [1.82, 2.24) is 9.88 Å². The van der Waals surface area contributed by atoms with E-state index < -0.39 is 0 Å². The molecule has 0 bridgehead atoms. The number of carbonyl (C=O) groups is 1. The van der Waals surface area contributed by atoms with Gasteiger partial charge in [-0.1, -0.05) is 54.7 Å². The number of hydrogen-bond acceptors (Lipinski definition) is 4. The minimum absolute atomic E-state index is 0.0459. The summed E-state index contributed by atoms with van der Waals surface area (Å²) in [5.41, 5.74) is 3.24. The van der Waals surface area contributed by atoms with Gasteiger partial charge in [-0.3, -0.25) is 9.69 Å². The number of rotatable bonds is 7. The first-order valence-electron chi connectivity index (χ1n) is 9.15. The van der Waals surface area contributed by atoms with Gasteiger partial charge in [0.15, 0.2) is 5.13 Å². The fourth-order valence-electron chi connectivity index (χ4n) is 2.71. The Labute approximate surface area is 164 Å². The second-order valence-electron chi connectivity index (χ2n) is 6.69. The maximum absolute atomic E-state index is 12.9. The molecule has 0 atom stereocenters. The van der Waals surface area contributed by atoms with E-state index in [2.05, 4.69) is 24.0 Å². The van der Waals surface area contributed by atoms with Gasteiger partial charge in [-0.2, -0.15) is 0 Å². The molecule has 0 saturated heterocycles. The van der Waals surface area contributed by atoms with Crippen LogP contribution in [0.3, 0.4) is 0 Å². The van der Waals surface area contributed by atoms with Crippen molar-refractivity contribution in [3.05, 3.63) is 65.7 Å². The van der Waals surface area contributed by atoms with Gasteiger partial charge in [-0.15, -0.1) is 0 Å². The van der Waals surface area contributed by atoms with Crippen molar-refractivity contribution in [2.24, 2.45) is 0 Å². The number of aromatic nitrogens is 1. The molecule has 0 radical (unpaired) electrons. The van der Waals surface area contributed by atoms with E-state index in [1.54, 1.807) is 22.3 Å². The highest BCUT2D eigenvalue weighted by Crippen LogP contribution is 2.30. The lowest BCUT2D eigenvalue weighted by atomic mass is 10.2. The number of benzene rings is 2. The second-order valence-corrected chi connectivity index (χ2v) is 7.70. The van der Waals surface area contributed by atoms with Gasteiger partial charge in [0.25, 0.3) is 5.91 Å². The molecule has 2 aromatic carbocycles. The van der Waals surface area contributed by atoms with Crippen LogP contribution in [0.4, 0.5) is 5.13 Å². The summed E-state index contributed by atoms with van der Waals surface area (Å²) in [5, 5.41) is 0.753. The van der Waals surface area contributed by atoms with Crippen molar-refractivity contribution in [3.8, 4) is 0 Å². The maximum Gasteiger partial charge on any atom is 0.252 e. The van der Waals surface area contributed by atoms with E-state index in [4.69, 9.17) is 4.98 Å². The van der Waals surface area contributed by atoms with Crippen LogP contribution in [0.15, 0.2) is 54.6 Å². The van der Waals surface area contributed by atoms with Crippen LogP contribution in [-0.4, -0.2) is 43.0 Å². The molecule has 0 N–H and O–H groups in total. The zero-order chi connectivity index (χ0) is 19.2. The highest BCUT2D eigenvalue weighted by Gasteiger charge is 2.18. The van der Waals surface area contributed by atoms with Crippen LogP contribution in [-0.2, 0) is 11.2 Å². The third-order valence-electron chi connectivity index (χ3n) is 4.34. The van der Waals surface area contributed by atoms with E-state index in [-0.39, 0.29) is 5.91 Å². The zero-order valence-corrected chi connectivity index (χ0v) is 16.9. The Kier molecular flexibility index (Phi) is 6.37. The summed E-state index contributed by atoms with van der Waals surface area (Å²) in [6.45, 7) is 3.52. The number of likely N-dealkylation sites (N-methyl/N-ethyl adjacent to an activating group) is 1. The van der Waals surface area contributed by atoms with Gasteiger partial charge in [0.2, 0.25) is 0 Å². The van der Waals surface area contributed by atoms with E-state index in [0.29, 0.717) is 6.54 Å². The molecular formula is C22H25N3OS. The first-order chi connectivity index (χ1) is 13.1. The lowest BCUT2D eigenvalue weighted by Gasteiger charge is -2.20. The number of nitrogens with zero attached hydrogens (tertiary/aromatic N) is 3. The first kappa shape index (κ1) is 19.3. The molecule has 3 aromatic rings. The lowest BCUT2D eigenvalue weighted by Crippen LogP contribution is -2.35. The molecule has 1 aromatic heterocycles. The minimum Gasteiger partial charge on any atom is -0.308 e. The first-order valence-corrected chi connectivity index (χ1v) is 9.97. The van der Waals surface area contributed by atoms with E-state index in [1.807, 2.05) is 56.6 Å². The molecule has 0 unspecified atom stereocenters. The van der Waals surface area contributed by atoms with Gasteiger partial charge in [-0.05, 0) is 49.9 Å². The fourth-order valence-corrected chi connectivity index (χ4v) is 3.77. The third kappa shape index (κ3) is 5.02. The number of carbonyl (C=O) groups excluding carboxylic acids is 1. The highest BCUT2D eigenvalue weighted by atomic mass is 32.1. The number of anilines is 1. The molecule has 5 heteroatoms. The molecule has 1 heterocycles. The van der Waals surface area contributed by atoms with Gasteiger partial charge in [-0.25, -0.2) is 4.98 Å². The smallest absolute Gasteiger partial charge is 0.252 e. The predicted octanol–water partition coefficient (Wildman–Crippen LogP) is 4.47. The standard InChI is InChI=1S/C22H25N3OS/c1-4-17-10-12-19-20(16-17)27-22(23-19)25(15-14-24(2)3)21(26)13-11-18-8-6-5-7-9-18/h5-13,16H,4,14-15H2,1-3H3/b13-11+. The summed E-state index contributed by atoms with van der Waals surface area (Å²) >= 11 is 1.58. The Morgan fingerprint density at radius 2 is 1.89 bits per heavy atom. The number of aryl methyl sites for hydroxylation is 1. The van der Waals surface area contributed by atoms with Crippen LogP contribution in [0, 0.1) is 0 Å². The van der Waals surface area contributed by atoms with Crippen LogP contribution < -0.4 is 4.90 Å². The van der Waals surface area contributed by atoms with Gasteiger partial charge in [0.05, 0.1) is 10.2 Å². The Hall–Kier alpha value is -2.50. The molecule has 0 aliphatic rings. The SMILES string of the molecule is CCc1ccc2nc(N(CCN(C)C)C(=O)/C=C/c3ccccc3)sc2c1. The topological polar surface area (TPSA) is 36.4 Å². The molecule has 0 fully saturated rings. The van der Waals surface area contributed by atoms with E-state index in [1.165, 1.54) is 5.56 Å². The van der Waals surface area contributed by atoms with Crippen LogP contribution in [0.25, 0.3) is 16.3 Å². The Morgan fingerprint density at radius 3 is 2.59 bits per heavy atom. The summed E-state index contributed by atoms with van der Waals surface area (Å²) in [4.78, 5) is 21.5. The molecule has 140 valence electrons. The molecule has 0 saturated carbocycles. The van der Waals surface area contributed by atoms with Crippen molar-refractivity contribution >= 4 is 38.7 Å². The second kappa shape index (κ2) is 8.93. The number of hydrogen-bond donors (Lipinski definition) is 0. The molecule has 27 heavy (non-hydrogen) atoms. The van der Waals surface area contributed by atoms with Crippen LogP contribution in [0.2, 0.25) is 0 Å². The third-order valence-corrected chi connectivity index (χ3v) is 5.38. The molecule has 3 rings (SSSR count). The summed E-state index contributed by atoms with van der Waals surface area (Å²) in [5.74, 6) is -0.0459. The quantitative estimate of drug-likeness (QED) is 0.569. The largest absolute Gasteiger partial charge is 0.308 e. The van der Waals surface area contributed by atoms with Gasteiger partial charge in [0, 0.05) is 19.2 Å². The normalized spacial score (nSPS) is 11.6. The van der Waals surface area contributed by atoms with Gasteiger partial charge in [0.1, 0.15) is 0 Å². The molecule has 0 aliphatic carbocycles. The van der Waals surface area contributed by atoms with Gasteiger partial charge >= 0.3 is 0 Å². The Morgan fingerprint density at radius 1 is 1.11 bits per heavy atom. The van der Waals surface area contributed by atoms with E-state index >= 15 is 0 Å². The van der Waals surface area contributed by atoms with E-state index in [9.17, 15) is 4.79 Å². The van der Waals surface area contributed by atoms with Crippen LogP contribution in [0.1, 0.15) is 18.1 Å². The Balaban J connectivity index is 1.88. The minimum atomic E-state index is -0.0459. The van der Waals surface area contributed by atoms with Crippen LogP contribution in [0.5, 0.6) is 0 Å². The highest BCUT2D eigenvalue weighted by molar-refractivity contribution is 7.22. The summed E-state index contributed by atoms with van der Waals surface area (Å²) in [6.07, 6.45) is 4.48. The molecule has 4 nitrogen and oxygen atoms in total. The lowest BCUT2D eigenvalue weighted by molar-refractivity contribution is -0.114. The van der Waals surface area contributed by atoms with Crippen molar-refractivity contribution < 1.29 is 4.79 Å². The van der Waals surface area contributed by atoms with Crippen molar-refractivity contribution in [2.75, 3.05) is 32.1 Å². The van der Waals surface area contributed by atoms with Crippen molar-refractivity contribution in [2.45, 2.75) is 13.3 Å².